The average molecular weight is 337 g/mol. The molecular weight excluding hydrogens is 325 g/mol. The van der Waals surface area contributed by atoms with Crippen LogP contribution in [0.25, 0.3) is 5.65 Å². The minimum absolute atomic E-state index is 0.0384. The monoisotopic (exact) mass is 336 g/mol. The molecule has 0 fully saturated rings. The van der Waals surface area contributed by atoms with Crippen molar-refractivity contribution < 1.29 is 22.7 Å². The maximum Gasteiger partial charge on any atom is 0.417 e. The van der Waals surface area contributed by atoms with E-state index in [-0.39, 0.29) is 23.2 Å². The summed E-state index contributed by atoms with van der Waals surface area (Å²) in [7, 11) is 0. The molecule has 1 atom stereocenters. The first kappa shape index (κ1) is 16.3. The van der Waals surface area contributed by atoms with Gasteiger partial charge < -0.3 is 10.1 Å². The second-order valence-corrected chi connectivity index (χ2v) is 4.82. The van der Waals surface area contributed by atoms with Crippen LogP contribution in [0.4, 0.5) is 19.1 Å². The molecule has 0 aliphatic heterocycles. The van der Waals surface area contributed by atoms with Gasteiger partial charge in [0.1, 0.15) is 6.04 Å². The first-order chi connectivity index (χ1) is 10.2. The molecule has 2 aromatic heterocycles. The van der Waals surface area contributed by atoms with Crippen LogP contribution < -0.4 is 5.32 Å². The number of pyridine rings is 1. The molecule has 2 aromatic rings. The van der Waals surface area contributed by atoms with Crippen LogP contribution in [0.15, 0.2) is 12.3 Å². The van der Waals surface area contributed by atoms with Gasteiger partial charge in [0.05, 0.1) is 17.2 Å². The highest BCUT2D eigenvalue weighted by Crippen LogP contribution is 2.32. The number of aromatic nitrogens is 3. The quantitative estimate of drug-likeness (QED) is 0.869. The smallest absolute Gasteiger partial charge is 0.417 e. The van der Waals surface area contributed by atoms with Crippen LogP contribution in [-0.2, 0) is 15.7 Å². The maximum absolute atomic E-state index is 12.8. The summed E-state index contributed by atoms with van der Waals surface area (Å²) in [5, 5.41) is 9.85. The van der Waals surface area contributed by atoms with Gasteiger partial charge in [-0.3, -0.25) is 4.40 Å². The van der Waals surface area contributed by atoms with Crippen LogP contribution in [0.1, 0.15) is 19.4 Å². The fourth-order valence-electron chi connectivity index (χ4n) is 1.73. The molecule has 0 saturated heterocycles. The largest absolute Gasteiger partial charge is 0.464 e. The van der Waals surface area contributed by atoms with E-state index in [9.17, 15) is 18.0 Å². The second kappa shape index (κ2) is 5.99. The molecular formula is C12H12ClF3N4O2. The number of esters is 1. The van der Waals surface area contributed by atoms with Crippen molar-refractivity contribution in [3.05, 3.63) is 22.8 Å². The molecule has 2 rings (SSSR count). The van der Waals surface area contributed by atoms with E-state index in [0.29, 0.717) is 0 Å². The fourth-order valence-corrected chi connectivity index (χ4v) is 1.97. The van der Waals surface area contributed by atoms with Gasteiger partial charge in [0.15, 0.2) is 5.65 Å². The highest BCUT2D eigenvalue weighted by Gasteiger charge is 2.32. The molecule has 22 heavy (non-hydrogen) atoms. The van der Waals surface area contributed by atoms with Gasteiger partial charge in [-0.05, 0) is 19.9 Å². The summed E-state index contributed by atoms with van der Waals surface area (Å²) >= 11 is 5.79. The minimum Gasteiger partial charge on any atom is -0.464 e. The molecule has 0 spiro atoms. The zero-order valence-electron chi connectivity index (χ0n) is 11.6. The Kier molecular flexibility index (Phi) is 4.45. The Morgan fingerprint density at radius 2 is 2.18 bits per heavy atom. The predicted octanol–water partition coefficient (Wildman–Crippen LogP) is 2.77. The number of hydrogen-bond acceptors (Lipinski definition) is 5. The van der Waals surface area contributed by atoms with E-state index in [0.717, 1.165) is 16.7 Å². The van der Waals surface area contributed by atoms with Gasteiger partial charge in [0.2, 0.25) is 5.95 Å². The normalized spacial score (nSPS) is 13.2. The third kappa shape index (κ3) is 3.24. The SMILES string of the molecule is CCOC(=O)C(C)Nc1nnc2c(Cl)cc(C(F)(F)F)cn12. The van der Waals surface area contributed by atoms with Gasteiger partial charge in [-0.15, -0.1) is 10.2 Å². The number of carbonyl (C=O) groups excluding carboxylic acids is 1. The van der Waals surface area contributed by atoms with E-state index in [1.165, 1.54) is 6.92 Å². The van der Waals surface area contributed by atoms with Gasteiger partial charge >= 0.3 is 12.1 Å². The van der Waals surface area contributed by atoms with E-state index in [2.05, 4.69) is 15.5 Å². The van der Waals surface area contributed by atoms with Crippen molar-refractivity contribution in [1.29, 1.82) is 0 Å². The first-order valence-corrected chi connectivity index (χ1v) is 6.66. The van der Waals surface area contributed by atoms with E-state index >= 15 is 0 Å². The summed E-state index contributed by atoms with van der Waals surface area (Å²) in [4.78, 5) is 11.6. The Labute approximate surface area is 128 Å². The molecule has 0 aliphatic carbocycles. The van der Waals surface area contributed by atoms with Crippen molar-refractivity contribution in [2.75, 3.05) is 11.9 Å². The van der Waals surface area contributed by atoms with Crippen LogP contribution in [0.3, 0.4) is 0 Å². The Bertz CT molecular complexity index is 701. The molecule has 120 valence electrons. The molecule has 0 bridgehead atoms. The molecule has 6 nitrogen and oxygen atoms in total. The van der Waals surface area contributed by atoms with Gasteiger partial charge in [0, 0.05) is 6.20 Å². The molecule has 10 heteroatoms. The number of ether oxygens (including phenoxy) is 1. The van der Waals surface area contributed by atoms with Crippen molar-refractivity contribution >= 4 is 29.2 Å². The van der Waals surface area contributed by atoms with Gasteiger partial charge in [-0.25, -0.2) is 4.79 Å². The lowest BCUT2D eigenvalue weighted by molar-refractivity contribution is -0.143. The van der Waals surface area contributed by atoms with Crippen LogP contribution in [0.5, 0.6) is 0 Å². The molecule has 0 aromatic carbocycles. The Hall–Kier alpha value is -2.03. The van der Waals surface area contributed by atoms with E-state index in [1.807, 2.05) is 0 Å². The lowest BCUT2D eigenvalue weighted by atomic mass is 10.3. The summed E-state index contributed by atoms with van der Waals surface area (Å²) in [6.07, 6.45) is -3.76. The van der Waals surface area contributed by atoms with E-state index in [1.54, 1.807) is 6.92 Å². The van der Waals surface area contributed by atoms with Crippen molar-refractivity contribution in [1.82, 2.24) is 14.6 Å². The standard InChI is InChI=1S/C12H12ClF3N4O2/c1-3-22-10(21)6(2)17-11-19-18-9-8(13)4-7(5-20(9)11)12(14,15)16/h4-6H,3H2,1-2H3,(H,17,19). The summed E-state index contributed by atoms with van der Waals surface area (Å²) in [6.45, 7) is 3.33. The van der Waals surface area contributed by atoms with E-state index in [4.69, 9.17) is 16.3 Å². The summed E-state index contributed by atoms with van der Waals surface area (Å²) in [5.41, 5.74) is -0.898. The van der Waals surface area contributed by atoms with Crippen molar-refractivity contribution in [2.24, 2.45) is 0 Å². The van der Waals surface area contributed by atoms with Crippen LogP contribution in [0, 0.1) is 0 Å². The number of anilines is 1. The van der Waals surface area contributed by atoms with Crippen molar-refractivity contribution in [2.45, 2.75) is 26.1 Å². The zero-order valence-corrected chi connectivity index (χ0v) is 12.4. The topological polar surface area (TPSA) is 68.5 Å². The lowest BCUT2D eigenvalue weighted by Crippen LogP contribution is -2.29. The number of carbonyl (C=O) groups is 1. The summed E-state index contributed by atoms with van der Waals surface area (Å²) in [5.74, 6) is -0.596. The van der Waals surface area contributed by atoms with Gasteiger partial charge in [-0.1, -0.05) is 11.6 Å². The maximum atomic E-state index is 12.8. The van der Waals surface area contributed by atoms with Gasteiger partial charge in [0.25, 0.3) is 0 Å². The van der Waals surface area contributed by atoms with Crippen molar-refractivity contribution in [3.8, 4) is 0 Å². The molecule has 0 radical (unpaired) electrons. The molecule has 1 N–H and O–H groups in total. The number of nitrogens with one attached hydrogen (secondary N) is 1. The summed E-state index contributed by atoms with van der Waals surface area (Å²) in [6, 6.07) is -0.0370. The summed E-state index contributed by atoms with van der Waals surface area (Å²) < 4.78 is 44.3. The third-order valence-corrected chi connectivity index (χ3v) is 3.05. The number of rotatable bonds is 4. The Morgan fingerprint density at radius 3 is 2.77 bits per heavy atom. The molecule has 0 saturated carbocycles. The van der Waals surface area contributed by atoms with Crippen molar-refractivity contribution in [3.63, 3.8) is 0 Å². The third-order valence-electron chi connectivity index (χ3n) is 2.77. The number of nitrogens with zero attached hydrogens (tertiary/aromatic N) is 3. The second-order valence-electron chi connectivity index (χ2n) is 4.41. The number of fused-ring (bicyclic) bond motifs is 1. The fraction of sp³-hybridized carbons (Fsp3) is 0.417. The highest BCUT2D eigenvalue weighted by molar-refractivity contribution is 6.33. The zero-order chi connectivity index (χ0) is 16.5. The van der Waals surface area contributed by atoms with Crippen LogP contribution >= 0.6 is 11.6 Å². The number of hydrogen-bond donors (Lipinski definition) is 1. The van der Waals surface area contributed by atoms with Crippen LogP contribution in [-0.4, -0.2) is 33.2 Å². The predicted molar refractivity (Wildman–Crippen MR) is 72.7 cm³/mol. The lowest BCUT2D eigenvalue weighted by Gasteiger charge is -2.13. The highest BCUT2D eigenvalue weighted by atomic mass is 35.5. The Morgan fingerprint density at radius 1 is 1.50 bits per heavy atom. The molecule has 2 heterocycles. The van der Waals surface area contributed by atoms with Gasteiger partial charge in [-0.2, -0.15) is 13.2 Å². The Balaban J connectivity index is 2.39. The number of halogens is 4. The molecule has 1 unspecified atom stereocenters. The first-order valence-electron chi connectivity index (χ1n) is 6.28. The van der Waals surface area contributed by atoms with E-state index < -0.39 is 23.8 Å². The average Bonchev–Trinajstić information content (AvgIpc) is 2.82. The molecule has 0 amide bonds. The number of alkyl halides is 3. The van der Waals surface area contributed by atoms with Crippen LogP contribution in [0.2, 0.25) is 5.02 Å². The minimum atomic E-state index is -4.56. The molecule has 0 aliphatic rings.